The molecule has 1 amide bonds. The first-order valence-corrected chi connectivity index (χ1v) is 5.52. The van der Waals surface area contributed by atoms with Gasteiger partial charge in [-0.3, -0.25) is 4.79 Å². The average molecular weight is 267 g/mol. The number of hydrogen-bond acceptors (Lipinski definition) is 3. The van der Waals surface area contributed by atoms with Crippen LogP contribution in [-0.4, -0.2) is 12.5 Å². The summed E-state index contributed by atoms with van der Waals surface area (Å²) in [6, 6.07) is 6.49. The van der Waals surface area contributed by atoms with E-state index >= 15 is 0 Å². The number of amides is 1. The van der Waals surface area contributed by atoms with Crippen LogP contribution in [0.1, 0.15) is 5.76 Å². The lowest BCUT2D eigenvalue weighted by molar-refractivity contribution is -0.123. The minimum Gasteiger partial charge on any atom is -0.484 e. The molecule has 0 unspecified atom stereocenters. The van der Waals surface area contributed by atoms with Crippen LogP contribution in [0.3, 0.4) is 0 Å². The molecule has 2 aromatic rings. The van der Waals surface area contributed by atoms with E-state index in [9.17, 15) is 13.6 Å². The Labute approximate surface area is 108 Å². The molecule has 0 saturated carbocycles. The molecule has 4 nitrogen and oxygen atoms in total. The summed E-state index contributed by atoms with van der Waals surface area (Å²) < 4.78 is 35.6. The normalized spacial score (nSPS) is 10.2. The molecule has 2 rings (SSSR count). The van der Waals surface area contributed by atoms with Crippen molar-refractivity contribution >= 4 is 5.91 Å². The number of furan rings is 1. The number of carbonyl (C=O) groups is 1. The topological polar surface area (TPSA) is 51.5 Å². The second-order valence-electron chi connectivity index (χ2n) is 3.72. The van der Waals surface area contributed by atoms with Gasteiger partial charge in [0.25, 0.3) is 5.91 Å². The molecule has 0 radical (unpaired) electrons. The van der Waals surface area contributed by atoms with Gasteiger partial charge < -0.3 is 14.5 Å². The van der Waals surface area contributed by atoms with Gasteiger partial charge in [-0.15, -0.1) is 0 Å². The summed E-state index contributed by atoms with van der Waals surface area (Å²) in [6.45, 7) is -0.0429. The maximum Gasteiger partial charge on any atom is 0.258 e. The highest BCUT2D eigenvalue weighted by Gasteiger charge is 2.06. The fourth-order valence-electron chi connectivity index (χ4n) is 1.37. The summed E-state index contributed by atoms with van der Waals surface area (Å²) in [5.41, 5.74) is 0. The van der Waals surface area contributed by atoms with Crippen molar-refractivity contribution in [1.29, 1.82) is 0 Å². The van der Waals surface area contributed by atoms with Crippen LogP contribution in [-0.2, 0) is 11.3 Å². The van der Waals surface area contributed by atoms with Crippen molar-refractivity contribution in [3.05, 3.63) is 54.0 Å². The number of rotatable bonds is 5. The molecule has 1 aromatic carbocycles. The van der Waals surface area contributed by atoms with Crippen LogP contribution in [0.4, 0.5) is 8.78 Å². The van der Waals surface area contributed by atoms with Crippen molar-refractivity contribution in [2.45, 2.75) is 6.54 Å². The van der Waals surface area contributed by atoms with Crippen LogP contribution >= 0.6 is 0 Å². The molecule has 0 spiro atoms. The summed E-state index contributed by atoms with van der Waals surface area (Å²) in [7, 11) is 0. The van der Waals surface area contributed by atoms with Crippen molar-refractivity contribution in [3.63, 3.8) is 0 Å². The number of benzene rings is 1. The van der Waals surface area contributed by atoms with Crippen LogP contribution in [0.2, 0.25) is 0 Å². The van der Waals surface area contributed by atoms with Gasteiger partial charge in [0.1, 0.15) is 11.5 Å². The largest absolute Gasteiger partial charge is 0.484 e. The lowest BCUT2D eigenvalue weighted by Gasteiger charge is -2.06. The van der Waals surface area contributed by atoms with Crippen LogP contribution in [0.5, 0.6) is 5.75 Å². The van der Waals surface area contributed by atoms with E-state index < -0.39 is 11.6 Å². The van der Waals surface area contributed by atoms with Gasteiger partial charge in [0.05, 0.1) is 12.8 Å². The molecule has 100 valence electrons. The number of hydrogen-bond donors (Lipinski definition) is 1. The Hall–Kier alpha value is -2.37. The highest BCUT2D eigenvalue weighted by Crippen LogP contribution is 2.15. The molecule has 0 aliphatic rings. The fraction of sp³-hybridized carbons (Fsp3) is 0.154. The zero-order valence-electron chi connectivity index (χ0n) is 9.86. The summed E-state index contributed by atoms with van der Waals surface area (Å²) in [4.78, 5) is 11.4. The Morgan fingerprint density at radius 3 is 2.79 bits per heavy atom. The molecule has 0 aliphatic carbocycles. The number of nitrogens with one attached hydrogen (secondary N) is 1. The lowest BCUT2D eigenvalue weighted by atomic mass is 10.3. The minimum atomic E-state index is -1.02. The maximum atomic E-state index is 12.9. The van der Waals surface area contributed by atoms with Gasteiger partial charge in [0, 0.05) is 6.07 Å². The Morgan fingerprint density at radius 2 is 2.11 bits per heavy atom. The molecular formula is C13H11F2NO3. The predicted molar refractivity (Wildman–Crippen MR) is 62.4 cm³/mol. The fourth-order valence-corrected chi connectivity index (χ4v) is 1.37. The molecule has 0 saturated heterocycles. The van der Waals surface area contributed by atoms with E-state index in [1.165, 1.54) is 12.3 Å². The maximum absolute atomic E-state index is 12.9. The first-order chi connectivity index (χ1) is 9.15. The molecule has 0 fully saturated rings. The summed E-state index contributed by atoms with van der Waals surface area (Å²) >= 11 is 0. The second-order valence-corrected chi connectivity index (χ2v) is 3.72. The molecule has 0 bridgehead atoms. The van der Waals surface area contributed by atoms with Gasteiger partial charge in [-0.1, -0.05) is 0 Å². The first kappa shape index (κ1) is 13.1. The van der Waals surface area contributed by atoms with Crippen molar-refractivity contribution in [3.8, 4) is 5.75 Å². The number of carbonyl (C=O) groups excluding carboxylic acids is 1. The number of halogens is 2. The quantitative estimate of drug-likeness (QED) is 0.904. The lowest BCUT2D eigenvalue weighted by Crippen LogP contribution is -2.28. The first-order valence-electron chi connectivity index (χ1n) is 5.52. The highest BCUT2D eigenvalue weighted by molar-refractivity contribution is 5.77. The summed E-state index contributed by atoms with van der Waals surface area (Å²) in [5.74, 6) is -1.67. The number of ether oxygens (including phenoxy) is 1. The van der Waals surface area contributed by atoms with Gasteiger partial charge in [-0.05, 0) is 24.3 Å². The molecule has 1 N–H and O–H groups in total. The van der Waals surface area contributed by atoms with E-state index in [0.29, 0.717) is 5.76 Å². The van der Waals surface area contributed by atoms with Crippen LogP contribution in [0, 0.1) is 11.6 Å². The zero-order chi connectivity index (χ0) is 13.7. The third-order valence-corrected chi connectivity index (χ3v) is 2.30. The molecule has 19 heavy (non-hydrogen) atoms. The van der Waals surface area contributed by atoms with E-state index in [1.54, 1.807) is 12.1 Å². The molecule has 0 atom stereocenters. The summed E-state index contributed by atoms with van der Waals surface area (Å²) in [5, 5.41) is 2.56. The SMILES string of the molecule is O=C(COc1ccc(F)c(F)c1)NCc1ccco1. The molecule has 1 heterocycles. The van der Waals surface area contributed by atoms with Crippen LogP contribution in [0.25, 0.3) is 0 Å². The van der Waals surface area contributed by atoms with Gasteiger partial charge in [0.2, 0.25) is 0 Å². The smallest absolute Gasteiger partial charge is 0.258 e. The van der Waals surface area contributed by atoms with Gasteiger partial charge in [-0.25, -0.2) is 8.78 Å². The van der Waals surface area contributed by atoms with Crippen molar-refractivity contribution in [2.24, 2.45) is 0 Å². The summed E-state index contributed by atoms with van der Waals surface area (Å²) in [6.07, 6.45) is 1.50. The van der Waals surface area contributed by atoms with E-state index in [1.807, 2.05) is 0 Å². The van der Waals surface area contributed by atoms with Crippen molar-refractivity contribution < 1.29 is 22.7 Å². The third-order valence-electron chi connectivity index (χ3n) is 2.30. The zero-order valence-corrected chi connectivity index (χ0v) is 9.86. The van der Waals surface area contributed by atoms with E-state index in [2.05, 4.69) is 5.32 Å². The molecule has 0 aliphatic heterocycles. The third kappa shape index (κ3) is 3.80. The minimum absolute atomic E-state index is 0.0899. The Kier molecular flexibility index (Phi) is 4.12. The van der Waals surface area contributed by atoms with Crippen LogP contribution < -0.4 is 10.1 Å². The van der Waals surface area contributed by atoms with Crippen LogP contribution in [0.15, 0.2) is 41.0 Å². The second kappa shape index (κ2) is 5.99. The monoisotopic (exact) mass is 267 g/mol. The molecule has 1 aromatic heterocycles. The van der Waals surface area contributed by atoms with E-state index in [-0.39, 0.29) is 24.8 Å². The Morgan fingerprint density at radius 1 is 1.26 bits per heavy atom. The average Bonchev–Trinajstić information content (AvgIpc) is 2.91. The predicted octanol–water partition coefficient (Wildman–Crippen LogP) is 2.25. The highest BCUT2D eigenvalue weighted by atomic mass is 19.2. The van der Waals surface area contributed by atoms with E-state index in [0.717, 1.165) is 12.1 Å². The molecular weight excluding hydrogens is 256 g/mol. The van der Waals surface area contributed by atoms with Crippen molar-refractivity contribution in [1.82, 2.24) is 5.32 Å². The van der Waals surface area contributed by atoms with E-state index in [4.69, 9.17) is 9.15 Å². The Bertz CT molecular complexity index is 555. The van der Waals surface area contributed by atoms with Gasteiger partial charge in [-0.2, -0.15) is 0 Å². The van der Waals surface area contributed by atoms with Crippen molar-refractivity contribution in [2.75, 3.05) is 6.61 Å². The van der Waals surface area contributed by atoms with Gasteiger partial charge >= 0.3 is 0 Å². The standard InChI is InChI=1S/C13H11F2NO3/c14-11-4-3-9(6-12(11)15)19-8-13(17)16-7-10-2-1-5-18-10/h1-6H,7-8H2,(H,16,17). The molecule has 6 heteroatoms. The Balaban J connectivity index is 1.78. The van der Waals surface area contributed by atoms with Gasteiger partial charge in [0.15, 0.2) is 18.2 Å².